The second-order valence-corrected chi connectivity index (χ2v) is 4.62. The molecule has 1 aliphatic carbocycles. The van der Waals surface area contributed by atoms with Gasteiger partial charge in [0.05, 0.1) is 0 Å². The molecule has 3 heteroatoms. The van der Waals surface area contributed by atoms with Crippen LogP contribution in [0.2, 0.25) is 0 Å². The molecule has 0 aromatic carbocycles. The zero-order valence-corrected chi connectivity index (χ0v) is 9.63. The molecule has 0 aromatic heterocycles. The lowest BCUT2D eigenvalue weighted by Crippen LogP contribution is -2.48. The lowest BCUT2D eigenvalue weighted by molar-refractivity contribution is 0.188. The average molecular weight is 199 g/mol. The Balaban J connectivity index is 2.40. The third-order valence-electron chi connectivity index (χ3n) is 3.15. The van der Waals surface area contributed by atoms with Gasteiger partial charge in [-0.3, -0.25) is 10.4 Å². The van der Waals surface area contributed by atoms with Gasteiger partial charge in [0.1, 0.15) is 0 Å². The zero-order valence-electron chi connectivity index (χ0n) is 9.63. The average Bonchev–Trinajstić information content (AvgIpc) is 2.41. The molecule has 0 saturated heterocycles. The van der Waals surface area contributed by atoms with Crippen molar-refractivity contribution < 1.29 is 0 Å². The van der Waals surface area contributed by atoms with Crippen LogP contribution in [0, 0.1) is 5.92 Å². The maximum absolute atomic E-state index is 5.81. The summed E-state index contributed by atoms with van der Waals surface area (Å²) < 4.78 is 0. The molecule has 84 valence electrons. The number of nitrogens with one attached hydrogen (secondary N) is 1. The van der Waals surface area contributed by atoms with Crippen molar-refractivity contribution in [3.8, 4) is 0 Å². The minimum absolute atomic E-state index is 0.475. The molecule has 0 aliphatic heterocycles. The van der Waals surface area contributed by atoms with Crippen LogP contribution in [0.4, 0.5) is 0 Å². The van der Waals surface area contributed by atoms with Gasteiger partial charge in [0.15, 0.2) is 0 Å². The molecule has 0 radical (unpaired) electrons. The monoisotopic (exact) mass is 199 g/mol. The molecular formula is C11H25N3. The van der Waals surface area contributed by atoms with E-state index in [0.29, 0.717) is 6.04 Å². The van der Waals surface area contributed by atoms with Gasteiger partial charge in [-0.25, -0.2) is 0 Å². The van der Waals surface area contributed by atoms with E-state index in [1.54, 1.807) is 0 Å². The van der Waals surface area contributed by atoms with Gasteiger partial charge in [-0.2, -0.15) is 0 Å². The van der Waals surface area contributed by atoms with Crippen molar-refractivity contribution in [2.75, 3.05) is 20.6 Å². The van der Waals surface area contributed by atoms with Crippen LogP contribution in [-0.4, -0.2) is 31.7 Å². The highest BCUT2D eigenvalue weighted by Crippen LogP contribution is 2.25. The Labute approximate surface area is 88.0 Å². The Hall–Kier alpha value is -0.120. The third kappa shape index (κ3) is 3.95. The third-order valence-corrected chi connectivity index (χ3v) is 3.15. The Bertz CT molecular complexity index is 139. The van der Waals surface area contributed by atoms with E-state index in [4.69, 9.17) is 5.73 Å². The van der Waals surface area contributed by atoms with E-state index in [0.717, 1.165) is 12.5 Å². The summed E-state index contributed by atoms with van der Waals surface area (Å²) in [4.78, 5) is 0. The molecular weight excluding hydrogens is 174 g/mol. The molecule has 1 unspecified atom stereocenters. The van der Waals surface area contributed by atoms with E-state index in [-0.39, 0.29) is 0 Å². The van der Waals surface area contributed by atoms with Crippen LogP contribution < -0.4 is 11.2 Å². The van der Waals surface area contributed by atoms with Crippen LogP contribution in [-0.2, 0) is 0 Å². The van der Waals surface area contributed by atoms with E-state index < -0.39 is 0 Å². The Morgan fingerprint density at radius 2 is 1.79 bits per heavy atom. The van der Waals surface area contributed by atoms with Crippen LogP contribution in [0.3, 0.4) is 0 Å². The standard InChI is InChI=1S/C11H25N3/c1-14(2)13-11(9-12)10-7-5-3-4-6-8-10/h10-11,13H,3-9,12H2,1-2H3. The second-order valence-electron chi connectivity index (χ2n) is 4.62. The van der Waals surface area contributed by atoms with Crippen LogP contribution >= 0.6 is 0 Å². The molecule has 0 heterocycles. The maximum atomic E-state index is 5.81. The van der Waals surface area contributed by atoms with Gasteiger partial charge in [-0.1, -0.05) is 25.7 Å². The normalized spacial score (nSPS) is 22.3. The van der Waals surface area contributed by atoms with Gasteiger partial charge in [0.2, 0.25) is 0 Å². The van der Waals surface area contributed by atoms with E-state index in [9.17, 15) is 0 Å². The molecule has 0 spiro atoms. The zero-order chi connectivity index (χ0) is 10.4. The summed E-state index contributed by atoms with van der Waals surface area (Å²) >= 11 is 0. The fraction of sp³-hybridized carbons (Fsp3) is 1.00. The Morgan fingerprint density at radius 3 is 2.21 bits per heavy atom. The summed E-state index contributed by atoms with van der Waals surface area (Å²) in [5.74, 6) is 0.782. The smallest absolute Gasteiger partial charge is 0.0365 e. The molecule has 1 fully saturated rings. The van der Waals surface area contributed by atoms with Crippen molar-refractivity contribution in [1.82, 2.24) is 10.4 Å². The lowest BCUT2D eigenvalue weighted by atomic mass is 9.92. The first-order valence-electron chi connectivity index (χ1n) is 5.87. The van der Waals surface area contributed by atoms with Crippen molar-refractivity contribution in [3.63, 3.8) is 0 Å². The van der Waals surface area contributed by atoms with Crippen LogP contribution in [0.5, 0.6) is 0 Å². The van der Waals surface area contributed by atoms with Gasteiger partial charge in [0.25, 0.3) is 0 Å². The number of hydrogen-bond donors (Lipinski definition) is 2. The van der Waals surface area contributed by atoms with Gasteiger partial charge in [-0.15, -0.1) is 0 Å². The van der Waals surface area contributed by atoms with Crippen molar-refractivity contribution >= 4 is 0 Å². The van der Waals surface area contributed by atoms with Crippen LogP contribution in [0.25, 0.3) is 0 Å². The summed E-state index contributed by atoms with van der Waals surface area (Å²) in [5, 5.41) is 2.03. The largest absolute Gasteiger partial charge is 0.329 e. The minimum atomic E-state index is 0.475. The number of nitrogens with zero attached hydrogens (tertiary/aromatic N) is 1. The van der Waals surface area contributed by atoms with Crippen LogP contribution in [0.15, 0.2) is 0 Å². The molecule has 0 bridgehead atoms. The van der Waals surface area contributed by atoms with E-state index in [1.165, 1.54) is 38.5 Å². The molecule has 1 atom stereocenters. The summed E-state index contributed by atoms with van der Waals surface area (Å²) in [5.41, 5.74) is 9.25. The van der Waals surface area contributed by atoms with Crippen LogP contribution in [0.1, 0.15) is 38.5 Å². The maximum Gasteiger partial charge on any atom is 0.0365 e. The first-order valence-corrected chi connectivity index (χ1v) is 5.87. The van der Waals surface area contributed by atoms with Crippen molar-refractivity contribution in [1.29, 1.82) is 0 Å². The highest BCUT2D eigenvalue weighted by molar-refractivity contribution is 4.77. The summed E-state index contributed by atoms with van der Waals surface area (Å²) in [6, 6.07) is 0.475. The van der Waals surface area contributed by atoms with Crippen molar-refractivity contribution in [2.45, 2.75) is 44.6 Å². The predicted octanol–water partition coefficient (Wildman–Crippen LogP) is 1.35. The molecule has 3 N–H and O–H groups in total. The highest BCUT2D eigenvalue weighted by atomic mass is 15.5. The molecule has 14 heavy (non-hydrogen) atoms. The summed E-state index contributed by atoms with van der Waals surface area (Å²) in [6.45, 7) is 0.753. The quantitative estimate of drug-likeness (QED) is 0.530. The number of rotatable bonds is 4. The molecule has 0 aromatic rings. The highest BCUT2D eigenvalue weighted by Gasteiger charge is 2.21. The van der Waals surface area contributed by atoms with Crippen molar-refractivity contribution in [2.24, 2.45) is 11.7 Å². The van der Waals surface area contributed by atoms with Gasteiger partial charge < -0.3 is 5.73 Å². The van der Waals surface area contributed by atoms with Gasteiger partial charge in [0, 0.05) is 26.7 Å². The summed E-state index contributed by atoms with van der Waals surface area (Å²) in [6.07, 6.45) is 8.30. The van der Waals surface area contributed by atoms with Gasteiger partial charge >= 0.3 is 0 Å². The second kappa shape index (κ2) is 6.38. The Morgan fingerprint density at radius 1 is 1.21 bits per heavy atom. The number of nitrogens with two attached hydrogens (primary N) is 1. The number of hydrogen-bond acceptors (Lipinski definition) is 3. The topological polar surface area (TPSA) is 41.3 Å². The molecule has 0 amide bonds. The lowest BCUT2D eigenvalue weighted by Gasteiger charge is -2.28. The first kappa shape index (κ1) is 12.0. The Kier molecular flexibility index (Phi) is 5.45. The number of hydrazine groups is 1. The first-order chi connectivity index (χ1) is 6.74. The summed E-state index contributed by atoms with van der Waals surface area (Å²) in [7, 11) is 4.08. The van der Waals surface area contributed by atoms with E-state index in [1.807, 2.05) is 19.1 Å². The fourth-order valence-corrected chi connectivity index (χ4v) is 2.40. The predicted molar refractivity (Wildman–Crippen MR) is 60.9 cm³/mol. The van der Waals surface area contributed by atoms with Crippen molar-refractivity contribution in [3.05, 3.63) is 0 Å². The minimum Gasteiger partial charge on any atom is -0.329 e. The van der Waals surface area contributed by atoms with Gasteiger partial charge in [-0.05, 0) is 18.8 Å². The van der Waals surface area contributed by atoms with E-state index in [2.05, 4.69) is 5.43 Å². The van der Waals surface area contributed by atoms with E-state index >= 15 is 0 Å². The SMILES string of the molecule is CN(C)NC(CN)C1CCCCCC1. The molecule has 1 saturated carbocycles. The molecule has 1 aliphatic rings. The molecule has 1 rings (SSSR count). The molecule has 3 nitrogen and oxygen atoms in total. The fourth-order valence-electron chi connectivity index (χ4n) is 2.40.